The largest absolute Gasteiger partial charge is 0.457 e. The van der Waals surface area contributed by atoms with Crippen LogP contribution in [0, 0.1) is 17.1 Å². The fraction of sp³-hybridized carbons (Fsp3) is 0.316. The predicted molar refractivity (Wildman–Crippen MR) is 92.6 cm³/mol. The molecule has 6 nitrogen and oxygen atoms in total. The SMILES string of the molecule is CS(=O)(=O)c1ccc(Oc2ccc(F)c(C#N)c2)c2c1C1(CC2)OCCO1. The molecule has 2 aliphatic rings. The van der Waals surface area contributed by atoms with Crippen LogP contribution in [0.2, 0.25) is 0 Å². The number of fused-ring (bicyclic) bond motifs is 2. The number of hydrogen-bond donors (Lipinski definition) is 0. The monoisotopic (exact) mass is 389 g/mol. The molecular weight excluding hydrogens is 373 g/mol. The molecule has 0 radical (unpaired) electrons. The molecule has 1 fully saturated rings. The number of hydrogen-bond acceptors (Lipinski definition) is 6. The van der Waals surface area contributed by atoms with Crippen molar-refractivity contribution >= 4 is 9.84 Å². The second kappa shape index (κ2) is 6.30. The van der Waals surface area contributed by atoms with E-state index in [4.69, 9.17) is 19.5 Å². The quantitative estimate of drug-likeness (QED) is 0.802. The van der Waals surface area contributed by atoms with E-state index in [1.54, 1.807) is 12.1 Å². The van der Waals surface area contributed by atoms with Crippen LogP contribution in [0.1, 0.15) is 23.1 Å². The van der Waals surface area contributed by atoms with Gasteiger partial charge in [-0.15, -0.1) is 0 Å². The Bertz CT molecular complexity index is 1070. The van der Waals surface area contributed by atoms with Crippen LogP contribution in [0.5, 0.6) is 11.5 Å². The zero-order chi connectivity index (χ0) is 19.2. The summed E-state index contributed by atoms with van der Waals surface area (Å²) in [6.45, 7) is 0.772. The third-order valence-electron chi connectivity index (χ3n) is 4.76. The summed E-state index contributed by atoms with van der Waals surface area (Å²) in [5, 5.41) is 8.98. The summed E-state index contributed by atoms with van der Waals surface area (Å²) in [6, 6.07) is 8.68. The molecule has 1 saturated heterocycles. The lowest BCUT2D eigenvalue weighted by Crippen LogP contribution is -2.26. The van der Waals surface area contributed by atoms with Gasteiger partial charge in [0.15, 0.2) is 15.6 Å². The second-order valence-corrected chi connectivity index (χ2v) is 8.48. The van der Waals surface area contributed by atoms with E-state index < -0.39 is 21.4 Å². The summed E-state index contributed by atoms with van der Waals surface area (Å²) in [6.07, 6.45) is 2.14. The van der Waals surface area contributed by atoms with Gasteiger partial charge in [-0.25, -0.2) is 12.8 Å². The van der Waals surface area contributed by atoms with Gasteiger partial charge in [-0.05, 0) is 30.7 Å². The Morgan fingerprint density at radius 1 is 1.22 bits per heavy atom. The highest BCUT2D eigenvalue weighted by Gasteiger charge is 2.48. The molecule has 0 bridgehead atoms. The molecule has 2 aromatic carbocycles. The van der Waals surface area contributed by atoms with Crippen LogP contribution in [-0.4, -0.2) is 27.9 Å². The predicted octanol–water partition coefficient (Wildman–Crippen LogP) is 3.04. The first-order chi connectivity index (χ1) is 12.8. The van der Waals surface area contributed by atoms with Crippen LogP contribution in [-0.2, 0) is 31.5 Å². The first kappa shape index (κ1) is 17.9. The van der Waals surface area contributed by atoms with E-state index in [0.29, 0.717) is 42.9 Å². The number of sulfone groups is 1. The standard InChI is InChI=1S/C19H16FNO5S/c1-27(22,23)17-5-4-16(26-13-2-3-15(20)12(10-13)11-21)14-6-7-19(18(14)17)24-8-9-25-19/h2-5,10H,6-9H2,1H3. The summed E-state index contributed by atoms with van der Waals surface area (Å²) in [5.41, 5.74) is 1.03. The highest BCUT2D eigenvalue weighted by molar-refractivity contribution is 7.90. The van der Waals surface area contributed by atoms with Crippen LogP contribution in [0.4, 0.5) is 4.39 Å². The average Bonchev–Trinajstić information content (AvgIpc) is 3.25. The summed E-state index contributed by atoms with van der Waals surface area (Å²) in [5.74, 6) is -0.983. The van der Waals surface area contributed by atoms with Gasteiger partial charge >= 0.3 is 0 Å². The molecule has 1 spiro atoms. The average molecular weight is 389 g/mol. The fourth-order valence-corrected chi connectivity index (χ4v) is 4.58. The number of ether oxygens (including phenoxy) is 3. The molecule has 27 heavy (non-hydrogen) atoms. The Morgan fingerprint density at radius 3 is 2.63 bits per heavy atom. The van der Waals surface area contributed by atoms with Crippen LogP contribution in [0.3, 0.4) is 0 Å². The van der Waals surface area contributed by atoms with Crippen LogP contribution >= 0.6 is 0 Å². The van der Waals surface area contributed by atoms with Crippen LogP contribution < -0.4 is 4.74 Å². The minimum Gasteiger partial charge on any atom is -0.457 e. The van der Waals surface area contributed by atoms with Gasteiger partial charge in [0.05, 0.1) is 23.7 Å². The maximum Gasteiger partial charge on any atom is 0.196 e. The van der Waals surface area contributed by atoms with Crippen molar-refractivity contribution in [1.29, 1.82) is 5.26 Å². The smallest absolute Gasteiger partial charge is 0.196 e. The molecule has 4 rings (SSSR count). The highest BCUT2D eigenvalue weighted by Crippen LogP contribution is 2.50. The van der Waals surface area contributed by atoms with E-state index in [0.717, 1.165) is 12.3 Å². The number of benzene rings is 2. The lowest BCUT2D eigenvalue weighted by molar-refractivity contribution is -0.164. The molecule has 0 unspecified atom stereocenters. The molecule has 140 valence electrons. The summed E-state index contributed by atoms with van der Waals surface area (Å²) in [4.78, 5) is 0.154. The normalized spacial score (nSPS) is 17.7. The third-order valence-corrected chi connectivity index (χ3v) is 5.90. The number of nitriles is 1. The van der Waals surface area contributed by atoms with Crippen molar-refractivity contribution in [3.8, 4) is 17.6 Å². The van der Waals surface area contributed by atoms with E-state index in [-0.39, 0.29) is 16.2 Å². The molecule has 1 aliphatic carbocycles. The molecule has 0 N–H and O–H groups in total. The van der Waals surface area contributed by atoms with Gasteiger partial charge in [-0.2, -0.15) is 5.26 Å². The first-order valence-corrected chi connectivity index (χ1v) is 10.2. The second-order valence-electron chi connectivity index (χ2n) is 6.49. The van der Waals surface area contributed by atoms with Gasteiger partial charge in [0, 0.05) is 29.9 Å². The van der Waals surface area contributed by atoms with E-state index >= 15 is 0 Å². The van der Waals surface area contributed by atoms with Gasteiger partial charge in [0.25, 0.3) is 0 Å². The van der Waals surface area contributed by atoms with Crippen molar-refractivity contribution in [2.75, 3.05) is 19.5 Å². The van der Waals surface area contributed by atoms with Crippen molar-refractivity contribution in [2.45, 2.75) is 23.5 Å². The third kappa shape index (κ3) is 2.98. The maximum absolute atomic E-state index is 13.5. The van der Waals surface area contributed by atoms with E-state index in [9.17, 15) is 12.8 Å². The van der Waals surface area contributed by atoms with Gasteiger partial charge < -0.3 is 14.2 Å². The van der Waals surface area contributed by atoms with Gasteiger partial charge in [-0.3, -0.25) is 0 Å². The van der Waals surface area contributed by atoms with Gasteiger partial charge in [-0.1, -0.05) is 0 Å². The lowest BCUT2D eigenvalue weighted by atomic mass is 10.1. The topological polar surface area (TPSA) is 85.6 Å². The number of nitrogens with zero attached hydrogens (tertiary/aromatic N) is 1. The van der Waals surface area contributed by atoms with E-state index in [1.807, 2.05) is 0 Å². The minimum absolute atomic E-state index is 0.129. The lowest BCUT2D eigenvalue weighted by Gasteiger charge is -2.25. The van der Waals surface area contributed by atoms with E-state index in [1.165, 1.54) is 18.2 Å². The summed E-state index contributed by atoms with van der Waals surface area (Å²) >= 11 is 0. The Kier molecular flexibility index (Phi) is 4.18. The van der Waals surface area contributed by atoms with Crippen molar-refractivity contribution in [3.63, 3.8) is 0 Å². The zero-order valence-corrected chi connectivity index (χ0v) is 15.3. The maximum atomic E-state index is 13.5. The molecule has 8 heteroatoms. The Balaban J connectivity index is 1.83. The Morgan fingerprint density at radius 2 is 1.96 bits per heavy atom. The minimum atomic E-state index is -3.51. The molecule has 1 aliphatic heterocycles. The molecule has 0 atom stereocenters. The van der Waals surface area contributed by atoms with Gasteiger partial charge in [0.2, 0.25) is 0 Å². The zero-order valence-electron chi connectivity index (χ0n) is 14.5. The molecule has 0 saturated carbocycles. The molecule has 0 amide bonds. The molecule has 1 heterocycles. The summed E-state index contributed by atoms with van der Waals surface area (Å²) in [7, 11) is -3.51. The van der Waals surface area contributed by atoms with Gasteiger partial charge in [0.1, 0.15) is 23.4 Å². The molecular formula is C19H16FNO5S. The highest BCUT2D eigenvalue weighted by atomic mass is 32.2. The van der Waals surface area contributed by atoms with Crippen molar-refractivity contribution in [1.82, 2.24) is 0 Å². The van der Waals surface area contributed by atoms with Crippen molar-refractivity contribution in [2.24, 2.45) is 0 Å². The van der Waals surface area contributed by atoms with Crippen LogP contribution in [0.15, 0.2) is 35.2 Å². The molecule has 2 aromatic rings. The summed E-state index contributed by atoms with van der Waals surface area (Å²) < 4.78 is 55.6. The first-order valence-electron chi connectivity index (χ1n) is 8.36. The Hall–Kier alpha value is -2.47. The van der Waals surface area contributed by atoms with E-state index in [2.05, 4.69) is 0 Å². The molecule has 0 aromatic heterocycles. The number of halogens is 1. The number of rotatable bonds is 3. The van der Waals surface area contributed by atoms with Crippen molar-refractivity contribution < 1.29 is 27.0 Å². The fourth-order valence-electron chi connectivity index (χ4n) is 3.62. The Labute approximate surface area is 156 Å². The van der Waals surface area contributed by atoms with Crippen molar-refractivity contribution in [3.05, 3.63) is 52.8 Å². The van der Waals surface area contributed by atoms with Crippen LogP contribution in [0.25, 0.3) is 0 Å².